The van der Waals surface area contributed by atoms with Gasteiger partial charge in [-0.1, -0.05) is 18.1 Å². The Balaban J connectivity index is 1.28. The van der Waals surface area contributed by atoms with E-state index in [-0.39, 0.29) is 29.7 Å². The number of aromatic nitrogens is 1. The lowest BCUT2D eigenvalue weighted by Gasteiger charge is -2.54. The molecule has 35 heavy (non-hydrogen) atoms. The Bertz CT molecular complexity index is 1300. The standard InChI is InChI=1S/C28H33N3O4/c1-2-29-15-21(27(32)20-12-24-25(13-23(20)29)35-16-34-24)28(33)31-9-5-6-17-10-18-11-19(26(17)31)14-30-8-4-3-7-22(18)30/h10,12-13,15,18-19,22,26H,2-9,11,14,16H2,1H3/t18-,19-,22-,26+/m0/s1. The van der Waals surface area contributed by atoms with Crippen molar-refractivity contribution in [2.24, 2.45) is 11.8 Å². The number of hydrogen-bond acceptors (Lipinski definition) is 5. The Labute approximate surface area is 205 Å². The summed E-state index contributed by atoms with van der Waals surface area (Å²) in [4.78, 5) is 32.5. The maximum absolute atomic E-state index is 14.1. The fraction of sp³-hybridized carbons (Fsp3) is 0.571. The van der Waals surface area contributed by atoms with E-state index in [4.69, 9.17) is 9.47 Å². The van der Waals surface area contributed by atoms with Gasteiger partial charge in [0, 0.05) is 37.9 Å². The Hall–Kier alpha value is -2.80. The molecule has 0 unspecified atom stereocenters. The van der Waals surface area contributed by atoms with Crippen molar-refractivity contribution in [1.29, 1.82) is 0 Å². The molecular formula is C28H33N3O4. The first-order chi connectivity index (χ1) is 17.1. The zero-order valence-corrected chi connectivity index (χ0v) is 20.4. The van der Waals surface area contributed by atoms with E-state index in [1.54, 1.807) is 12.3 Å². The van der Waals surface area contributed by atoms with Crippen LogP contribution in [0.1, 0.15) is 55.8 Å². The third-order valence-corrected chi connectivity index (χ3v) is 9.06. The molecule has 7 rings (SSSR count). The smallest absolute Gasteiger partial charge is 0.259 e. The van der Waals surface area contributed by atoms with Crippen molar-refractivity contribution in [3.8, 4) is 11.5 Å². The first-order valence-corrected chi connectivity index (χ1v) is 13.3. The zero-order valence-electron chi connectivity index (χ0n) is 20.4. The summed E-state index contributed by atoms with van der Waals surface area (Å²) >= 11 is 0. The van der Waals surface area contributed by atoms with E-state index in [9.17, 15) is 9.59 Å². The van der Waals surface area contributed by atoms with E-state index in [0.29, 0.717) is 41.3 Å². The molecule has 7 heteroatoms. The Morgan fingerprint density at radius 1 is 1.11 bits per heavy atom. The molecule has 7 nitrogen and oxygen atoms in total. The lowest BCUT2D eigenvalue weighted by atomic mass is 9.68. The van der Waals surface area contributed by atoms with E-state index in [1.165, 1.54) is 37.8 Å². The van der Waals surface area contributed by atoms with Crippen LogP contribution in [-0.2, 0) is 6.54 Å². The number of aryl methyl sites for hydroxylation is 1. The number of fused-ring (bicyclic) bond motifs is 8. The predicted molar refractivity (Wildman–Crippen MR) is 133 cm³/mol. The van der Waals surface area contributed by atoms with Crippen molar-refractivity contribution >= 4 is 16.8 Å². The number of piperidine rings is 3. The normalized spacial score (nSPS) is 29.5. The molecule has 2 bridgehead atoms. The first-order valence-electron chi connectivity index (χ1n) is 13.3. The molecule has 1 aromatic heterocycles. The molecule has 1 amide bonds. The molecule has 5 heterocycles. The molecule has 4 atom stereocenters. The number of pyridine rings is 1. The van der Waals surface area contributed by atoms with E-state index in [1.807, 2.05) is 22.5 Å². The van der Waals surface area contributed by atoms with Crippen molar-refractivity contribution in [3.63, 3.8) is 0 Å². The minimum Gasteiger partial charge on any atom is -0.454 e. The second kappa shape index (κ2) is 8.12. The second-order valence-corrected chi connectivity index (χ2v) is 10.9. The van der Waals surface area contributed by atoms with Gasteiger partial charge in [0.1, 0.15) is 5.56 Å². The number of carbonyl (C=O) groups excluding carboxylic acids is 1. The zero-order chi connectivity index (χ0) is 23.7. The summed E-state index contributed by atoms with van der Waals surface area (Å²) in [5, 5.41) is 0.521. The van der Waals surface area contributed by atoms with Crippen molar-refractivity contribution < 1.29 is 14.3 Å². The minimum atomic E-state index is -0.211. The van der Waals surface area contributed by atoms with Gasteiger partial charge in [0.15, 0.2) is 11.5 Å². The largest absolute Gasteiger partial charge is 0.454 e. The van der Waals surface area contributed by atoms with Gasteiger partial charge >= 0.3 is 0 Å². The predicted octanol–water partition coefficient (Wildman–Crippen LogP) is 3.79. The van der Waals surface area contributed by atoms with Crippen LogP contribution >= 0.6 is 0 Å². The molecule has 1 aliphatic carbocycles. The summed E-state index contributed by atoms with van der Waals surface area (Å²) in [6, 6.07) is 4.41. The Morgan fingerprint density at radius 2 is 1.97 bits per heavy atom. The average Bonchev–Trinajstić information content (AvgIpc) is 3.35. The van der Waals surface area contributed by atoms with Crippen LogP contribution < -0.4 is 14.9 Å². The fourth-order valence-corrected chi connectivity index (χ4v) is 7.55. The van der Waals surface area contributed by atoms with Gasteiger partial charge in [-0.15, -0.1) is 0 Å². The summed E-state index contributed by atoms with van der Waals surface area (Å²) in [6.07, 6.45) is 11.4. The maximum atomic E-state index is 14.1. The summed E-state index contributed by atoms with van der Waals surface area (Å²) in [7, 11) is 0. The number of benzene rings is 1. The number of hydrogen-bond donors (Lipinski definition) is 0. The van der Waals surface area contributed by atoms with E-state index >= 15 is 0 Å². The highest BCUT2D eigenvalue weighted by molar-refractivity contribution is 5.98. The van der Waals surface area contributed by atoms with Gasteiger partial charge in [-0.05, 0) is 63.5 Å². The van der Waals surface area contributed by atoms with Crippen LogP contribution in [0.15, 0.2) is 34.8 Å². The summed E-state index contributed by atoms with van der Waals surface area (Å²) in [5.74, 6) is 2.18. The van der Waals surface area contributed by atoms with Gasteiger partial charge in [0.2, 0.25) is 12.2 Å². The molecule has 3 saturated heterocycles. The summed E-state index contributed by atoms with van der Waals surface area (Å²) in [6.45, 7) is 5.82. The Morgan fingerprint density at radius 3 is 2.83 bits per heavy atom. The van der Waals surface area contributed by atoms with Crippen LogP contribution in [0.25, 0.3) is 10.9 Å². The van der Waals surface area contributed by atoms with Crippen LogP contribution in [0.4, 0.5) is 0 Å². The molecule has 184 valence electrons. The number of amides is 1. The van der Waals surface area contributed by atoms with Gasteiger partial charge in [0.05, 0.1) is 16.9 Å². The van der Waals surface area contributed by atoms with Crippen molar-refractivity contribution in [2.45, 2.75) is 64.1 Å². The third kappa shape index (κ3) is 3.27. The van der Waals surface area contributed by atoms with E-state index in [2.05, 4.69) is 11.0 Å². The highest BCUT2D eigenvalue weighted by atomic mass is 16.7. The molecule has 0 N–H and O–H groups in total. The van der Waals surface area contributed by atoms with Gasteiger partial charge in [-0.25, -0.2) is 0 Å². The van der Waals surface area contributed by atoms with Crippen LogP contribution in [0, 0.1) is 11.8 Å². The number of carbonyl (C=O) groups is 1. The number of nitrogens with zero attached hydrogens (tertiary/aromatic N) is 3. The van der Waals surface area contributed by atoms with Crippen molar-refractivity contribution in [3.05, 3.63) is 45.8 Å². The van der Waals surface area contributed by atoms with E-state index in [0.717, 1.165) is 31.4 Å². The summed E-state index contributed by atoms with van der Waals surface area (Å²) in [5.41, 5.74) is 2.28. The number of ether oxygens (including phenoxy) is 2. The van der Waals surface area contributed by atoms with Gasteiger partial charge in [-0.3, -0.25) is 14.5 Å². The molecule has 0 saturated carbocycles. The lowest BCUT2D eigenvalue weighted by molar-refractivity contribution is 0.00142. The fourth-order valence-electron chi connectivity index (χ4n) is 7.55. The lowest BCUT2D eigenvalue weighted by Crippen LogP contribution is -2.60. The van der Waals surface area contributed by atoms with Crippen LogP contribution in [-0.4, -0.2) is 58.8 Å². The Kier molecular flexibility index (Phi) is 4.98. The SMILES string of the molecule is CCn1cc(C(=O)N2CCCC3=C[C@H]4C[C@@H](CN5CCCC[C@@H]45)[C@@H]32)c(=O)c2cc3c(cc21)OCO3. The minimum absolute atomic E-state index is 0.119. The van der Waals surface area contributed by atoms with E-state index < -0.39 is 0 Å². The molecule has 4 aliphatic heterocycles. The second-order valence-electron chi connectivity index (χ2n) is 10.9. The van der Waals surface area contributed by atoms with Crippen LogP contribution in [0.5, 0.6) is 11.5 Å². The number of likely N-dealkylation sites (tertiary alicyclic amines) is 1. The van der Waals surface area contributed by atoms with Crippen LogP contribution in [0.3, 0.4) is 0 Å². The monoisotopic (exact) mass is 475 g/mol. The van der Waals surface area contributed by atoms with Gasteiger partial charge in [-0.2, -0.15) is 0 Å². The van der Waals surface area contributed by atoms with Gasteiger partial charge in [0.25, 0.3) is 5.91 Å². The molecular weight excluding hydrogens is 442 g/mol. The first kappa shape index (κ1) is 21.5. The third-order valence-electron chi connectivity index (χ3n) is 9.06. The molecule has 3 fully saturated rings. The maximum Gasteiger partial charge on any atom is 0.259 e. The van der Waals surface area contributed by atoms with Crippen molar-refractivity contribution in [1.82, 2.24) is 14.4 Å². The average molecular weight is 476 g/mol. The van der Waals surface area contributed by atoms with Gasteiger partial charge < -0.3 is 18.9 Å². The molecule has 2 aromatic rings. The number of rotatable bonds is 2. The summed E-state index contributed by atoms with van der Waals surface area (Å²) < 4.78 is 13.1. The quantitative estimate of drug-likeness (QED) is 0.619. The van der Waals surface area contributed by atoms with Crippen LogP contribution in [0.2, 0.25) is 0 Å². The van der Waals surface area contributed by atoms with Crippen molar-refractivity contribution in [2.75, 3.05) is 26.4 Å². The highest BCUT2D eigenvalue weighted by Gasteiger charge is 2.47. The topological polar surface area (TPSA) is 64.0 Å². The molecule has 0 spiro atoms. The highest BCUT2D eigenvalue weighted by Crippen LogP contribution is 2.45. The molecule has 0 radical (unpaired) electrons. The molecule has 1 aromatic carbocycles. The molecule has 5 aliphatic rings.